The molecule has 0 bridgehead atoms. The van der Waals surface area contributed by atoms with Crippen LogP contribution in [0.15, 0.2) is 29.6 Å². The largest absolute Gasteiger partial charge is 0.399 e. The van der Waals surface area contributed by atoms with Crippen molar-refractivity contribution in [1.29, 1.82) is 0 Å². The molecule has 0 saturated carbocycles. The second-order valence-corrected chi connectivity index (χ2v) is 4.77. The van der Waals surface area contributed by atoms with Crippen LogP contribution in [-0.4, -0.2) is 17.9 Å². The minimum Gasteiger partial charge on any atom is -0.399 e. The number of nitrogens with zero attached hydrogens (tertiary/aromatic N) is 2. The average molecular weight is 247 g/mol. The van der Waals surface area contributed by atoms with Crippen molar-refractivity contribution in [2.45, 2.75) is 6.92 Å². The van der Waals surface area contributed by atoms with Gasteiger partial charge in [0.15, 0.2) is 0 Å². The van der Waals surface area contributed by atoms with E-state index in [-0.39, 0.29) is 5.91 Å². The van der Waals surface area contributed by atoms with Crippen LogP contribution in [0.5, 0.6) is 0 Å². The molecule has 88 valence electrons. The van der Waals surface area contributed by atoms with E-state index in [0.29, 0.717) is 11.4 Å². The van der Waals surface area contributed by atoms with Crippen molar-refractivity contribution < 1.29 is 4.79 Å². The SMILES string of the molecule is Cc1nc(C(=O)N(C)c2ccc(N)cc2)cs1. The number of aryl methyl sites for hydroxylation is 1. The van der Waals surface area contributed by atoms with Crippen molar-refractivity contribution in [3.63, 3.8) is 0 Å². The van der Waals surface area contributed by atoms with Crippen molar-refractivity contribution >= 4 is 28.6 Å². The summed E-state index contributed by atoms with van der Waals surface area (Å²) in [5.74, 6) is -0.112. The summed E-state index contributed by atoms with van der Waals surface area (Å²) < 4.78 is 0. The monoisotopic (exact) mass is 247 g/mol. The third kappa shape index (κ3) is 2.45. The lowest BCUT2D eigenvalue weighted by atomic mass is 10.2. The van der Waals surface area contributed by atoms with Crippen molar-refractivity contribution in [2.24, 2.45) is 0 Å². The number of anilines is 2. The second kappa shape index (κ2) is 4.55. The van der Waals surface area contributed by atoms with Crippen molar-refractivity contribution in [1.82, 2.24) is 4.98 Å². The lowest BCUT2D eigenvalue weighted by Crippen LogP contribution is -2.26. The number of nitrogens with two attached hydrogens (primary N) is 1. The van der Waals surface area contributed by atoms with Gasteiger partial charge in [-0.3, -0.25) is 4.79 Å². The lowest BCUT2D eigenvalue weighted by Gasteiger charge is -2.16. The zero-order chi connectivity index (χ0) is 12.4. The molecule has 1 aromatic carbocycles. The number of carbonyl (C=O) groups is 1. The number of carbonyl (C=O) groups excluding carboxylic acids is 1. The Morgan fingerprint density at radius 3 is 2.53 bits per heavy atom. The fourth-order valence-corrected chi connectivity index (χ4v) is 2.04. The number of hydrogen-bond donors (Lipinski definition) is 1. The van der Waals surface area contributed by atoms with E-state index in [1.807, 2.05) is 19.1 Å². The van der Waals surface area contributed by atoms with Gasteiger partial charge in [-0.15, -0.1) is 11.3 Å². The molecular weight excluding hydrogens is 234 g/mol. The Labute approximate surface area is 104 Å². The van der Waals surface area contributed by atoms with Crippen molar-refractivity contribution in [3.8, 4) is 0 Å². The highest BCUT2D eigenvalue weighted by Crippen LogP contribution is 2.18. The first-order chi connectivity index (χ1) is 8.08. The quantitative estimate of drug-likeness (QED) is 0.828. The third-order valence-corrected chi connectivity index (χ3v) is 3.20. The summed E-state index contributed by atoms with van der Waals surface area (Å²) >= 11 is 1.47. The molecule has 0 fully saturated rings. The zero-order valence-corrected chi connectivity index (χ0v) is 10.5. The highest BCUT2D eigenvalue weighted by atomic mass is 32.1. The standard InChI is InChI=1S/C12H13N3OS/c1-8-14-11(7-17-8)12(16)15(2)10-5-3-9(13)4-6-10/h3-7H,13H2,1-2H3. The van der Waals surface area contributed by atoms with Gasteiger partial charge in [-0.05, 0) is 31.2 Å². The number of benzene rings is 1. The minimum absolute atomic E-state index is 0.112. The molecule has 0 unspecified atom stereocenters. The van der Waals surface area contributed by atoms with Crippen LogP contribution >= 0.6 is 11.3 Å². The maximum absolute atomic E-state index is 12.1. The van der Waals surface area contributed by atoms with Gasteiger partial charge in [0.05, 0.1) is 5.01 Å². The van der Waals surface area contributed by atoms with E-state index in [1.165, 1.54) is 11.3 Å². The lowest BCUT2D eigenvalue weighted by molar-refractivity contribution is 0.0989. The van der Waals surface area contributed by atoms with E-state index in [2.05, 4.69) is 4.98 Å². The molecule has 0 aliphatic rings. The molecule has 1 heterocycles. The Hall–Kier alpha value is -1.88. The fraction of sp³-hybridized carbons (Fsp3) is 0.167. The Balaban J connectivity index is 2.23. The van der Waals surface area contributed by atoms with Gasteiger partial charge in [-0.2, -0.15) is 0 Å². The molecule has 0 saturated heterocycles. The maximum atomic E-state index is 12.1. The second-order valence-electron chi connectivity index (χ2n) is 3.71. The third-order valence-electron chi connectivity index (χ3n) is 2.42. The first kappa shape index (κ1) is 11.6. The number of aromatic nitrogens is 1. The summed E-state index contributed by atoms with van der Waals surface area (Å²) in [5.41, 5.74) is 7.56. The van der Waals surface area contributed by atoms with E-state index in [4.69, 9.17) is 5.73 Å². The van der Waals surface area contributed by atoms with Crippen LogP contribution in [0.2, 0.25) is 0 Å². The van der Waals surface area contributed by atoms with E-state index >= 15 is 0 Å². The van der Waals surface area contributed by atoms with Gasteiger partial charge < -0.3 is 10.6 Å². The highest BCUT2D eigenvalue weighted by molar-refractivity contribution is 7.09. The van der Waals surface area contributed by atoms with Gasteiger partial charge in [0.2, 0.25) is 0 Å². The van der Waals surface area contributed by atoms with Gasteiger partial charge >= 0.3 is 0 Å². The van der Waals surface area contributed by atoms with Crippen LogP contribution < -0.4 is 10.6 Å². The Morgan fingerprint density at radius 1 is 1.35 bits per heavy atom. The number of nitrogen functional groups attached to an aromatic ring is 1. The van der Waals surface area contributed by atoms with Crippen LogP contribution in [0.4, 0.5) is 11.4 Å². The van der Waals surface area contributed by atoms with E-state index in [0.717, 1.165) is 10.7 Å². The normalized spacial score (nSPS) is 10.2. The molecule has 17 heavy (non-hydrogen) atoms. The predicted molar refractivity (Wildman–Crippen MR) is 70.4 cm³/mol. The van der Waals surface area contributed by atoms with Crippen molar-refractivity contribution in [2.75, 3.05) is 17.7 Å². The summed E-state index contributed by atoms with van der Waals surface area (Å²) in [6.45, 7) is 1.88. The number of thiazole rings is 1. The van der Waals surface area contributed by atoms with E-state index in [9.17, 15) is 4.79 Å². The molecule has 2 aromatic rings. The minimum atomic E-state index is -0.112. The molecule has 0 radical (unpaired) electrons. The first-order valence-electron chi connectivity index (χ1n) is 5.13. The molecule has 0 atom stereocenters. The predicted octanol–water partition coefficient (Wildman–Crippen LogP) is 2.31. The summed E-state index contributed by atoms with van der Waals surface area (Å²) in [7, 11) is 1.72. The molecule has 4 nitrogen and oxygen atoms in total. The molecule has 5 heteroatoms. The summed E-state index contributed by atoms with van der Waals surface area (Å²) in [6, 6.07) is 7.16. The number of hydrogen-bond acceptors (Lipinski definition) is 4. The van der Waals surface area contributed by atoms with Gasteiger partial charge in [-0.25, -0.2) is 4.98 Å². The molecule has 2 N–H and O–H groups in total. The number of rotatable bonds is 2. The van der Waals surface area contributed by atoms with Gasteiger partial charge in [-0.1, -0.05) is 0 Å². The fourth-order valence-electron chi connectivity index (χ4n) is 1.45. The molecule has 0 aliphatic carbocycles. The van der Waals surface area contributed by atoms with Crippen LogP contribution in [0.25, 0.3) is 0 Å². The zero-order valence-electron chi connectivity index (χ0n) is 9.68. The number of amides is 1. The molecule has 0 spiro atoms. The molecule has 2 rings (SSSR count). The first-order valence-corrected chi connectivity index (χ1v) is 6.01. The van der Waals surface area contributed by atoms with Gasteiger partial charge in [0.25, 0.3) is 5.91 Å². The molecular formula is C12H13N3OS. The van der Waals surface area contributed by atoms with Crippen LogP contribution in [-0.2, 0) is 0 Å². The van der Waals surface area contributed by atoms with Crippen LogP contribution in [0.3, 0.4) is 0 Å². The van der Waals surface area contributed by atoms with Gasteiger partial charge in [0, 0.05) is 23.8 Å². The smallest absolute Gasteiger partial charge is 0.277 e. The summed E-state index contributed by atoms with van der Waals surface area (Å²) in [6.07, 6.45) is 0. The Kier molecular flexibility index (Phi) is 3.10. The molecule has 1 aromatic heterocycles. The van der Waals surface area contributed by atoms with Crippen LogP contribution in [0, 0.1) is 6.92 Å². The summed E-state index contributed by atoms with van der Waals surface area (Å²) in [4.78, 5) is 17.8. The van der Waals surface area contributed by atoms with Crippen molar-refractivity contribution in [3.05, 3.63) is 40.3 Å². The summed E-state index contributed by atoms with van der Waals surface area (Å²) in [5, 5.41) is 2.66. The van der Waals surface area contributed by atoms with Crippen LogP contribution in [0.1, 0.15) is 15.5 Å². The average Bonchev–Trinajstić information content (AvgIpc) is 2.75. The Bertz CT molecular complexity index is 533. The van der Waals surface area contributed by atoms with E-state index < -0.39 is 0 Å². The Morgan fingerprint density at radius 2 is 2.00 bits per heavy atom. The molecule has 1 amide bonds. The van der Waals surface area contributed by atoms with Gasteiger partial charge in [0.1, 0.15) is 5.69 Å². The topological polar surface area (TPSA) is 59.2 Å². The maximum Gasteiger partial charge on any atom is 0.277 e. The highest BCUT2D eigenvalue weighted by Gasteiger charge is 2.15. The van der Waals surface area contributed by atoms with E-state index in [1.54, 1.807) is 29.5 Å². The molecule has 0 aliphatic heterocycles.